The Morgan fingerprint density at radius 3 is 2.64 bits per heavy atom. The minimum Gasteiger partial charge on any atom is -0.337 e. The highest BCUT2D eigenvalue weighted by Crippen LogP contribution is 2.23. The summed E-state index contributed by atoms with van der Waals surface area (Å²) in [7, 11) is 0. The van der Waals surface area contributed by atoms with Crippen LogP contribution in [0.2, 0.25) is 5.02 Å². The Balaban J connectivity index is 1.57. The van der Waals surface area contributed by atoms with Crippen molar-refractivity contribution in [3.63, 3.8) is 0 Å². The van der Waals surface area contributed by atoms with Gasteiger partial charge in [-0.25, -0.2) is 0 Å². The van der Waals surface area contributed by atoms with Crippen LogP contribution in [0.5, 0.6) is 0 Å². The van der Waals surface area contributed by atoms with Gasteiger partial charge in [0.25, 0.3) is 5.91 Å². The molecule has 1 aliphatic heterocycles. The molecular weight excluding hydrogens is 442 g/mol. The fraction of sp³-hybridized carbons (Fsp3) is 0.333. The summed E-state index contributed by atoms with van der Waals surface area (Å²) in [6.07, 6.45) is 0.828. The minimum atomic E-state index is -0.102. The normalized spacial score (nSPS) is 15.2. The largest absolute Gasteiger partial charge is 0.337 e. The molecule has 2 amide bonds. The third-order valence-electron chi connectivity index (χ3n) is 4.81. The molecule has 0 atom stereocenters. The van der Waals surface area contributed by atoms with E-state index >= 15 is 0 Å². The number of aryl methyl sites for hydroxylation is 1. The average Bonchev–Trinajstić information content (AvgIpc) is 2.91. The Morgan fingerprint density at radius 2 is 1.86 bits per heavy atom. The van der Waals surface area contributed by atoms with Crippen molar-refractivity contribution in [1.29, 1.82) is 0 Å². The molecule has 1 saturated heterocycles. The highest BCUT2D eigenvalue weighted by Gasteiger charge is 2.23. The summed E-state index contributed by atoms with van der Waals surface area (Å²) >= 11 is 9.62. The van der Waals surface area contributed by atoms with Gasteiger partial charge in [0, 0.05) is 30.7 Å². The van der Waals surface area contributed by atoms with Crippen molar-refractivity contribution < 1.29 is 9.59 Å². The van der Waals surface area contributed by atoms with Gasteiger partial charge in [0.15, 0.2) is 0 Å². The number of hydrogen-bond acceptors (Lipinski definition) is 3. The molecule has 0 saturated carbocycles. The predicted molar refractivity (Wildman–Crippen MR) is 116 cm³/mol. The summed E-state index contributed by atoms with van der Waals surface area (Å²) in [4.78, 5) is 29.2. The van der Waals surface area contributed by atoms with E-state index in [2.05, 4.69) is 26.1 Å². The number of anilines is 1. The first-order chi connectivity index (χ1) is 13.5. The second-order valence-corrected chi connectivity index (χ2v) is 8.09. The number of halogens is 2. The van der Waals surface area contributed by atoms with Crippen molar-refractivity contribution in [2.24, 2.45) is 0 Å². The van der Waals surface area contributed by atoms with Crippen molar-refractivity contribution >= 4 is 45.0 Å². The van der Waals surface area contributed by atoms with Crippen LogP contribution < -0.4 is 5.32 Å². The quantitative estimate of drug-likeness (QED) is 0.738. The van der Waals surface area contributed by atoms with Crippen LogP contribution in [0.25, 0.3) is 0 Å². The van der Waals surface area contributed by atoms with E-state index in [1.165, 1.54) is 0 Å². The van der Waals surface area contributed by atoms with E-state index < -0.39 is 0 Å². The lowest BCUT2D eigenvalue weighted by atomic mass is 10.1. The molecule has 3 rings (SSSR count). The van der Waals surface area contributed by atoms with Crippen LogP contribution in [-0.4, -0.2) is 54.3 Å². The molecule has 0 radical (unpaired) electrons. The number of benzene rings is 2. The van der Waals surface area contributed by atoms with Crippen molar-refractivity contribution in [2.75, 3.05) is 38.0 Å². The number of nitrogens with zero attached hydrogens (tertiary/aromatic N) is 2. The SMILES string of the molecule is Cc1cccc(C(=O)N2CCCN(CC(=O)Nc3ccccc3Cl)CC2)c1Br. The zero-order valence-electron chi connectivity index (χ0n) is 15.8. The molecule has 0 aliphatic carbocycles. The minimum absolute atomic E-state index is 0.0259. The number of amides is 2. The molecule has 0 unspecified atom stereocenters. The number of carbonyl (C=O) groups is 2. The molecule has 0 spiro atoms. The van der Waals surface area contributed by atoms with Gasteiger partial charge >= 0.3 is 0 Å². The second kappa shape index (κ2) is 9.54. The summed E-state index contributed by atoms with van der Waals surface area (Å²) in [6.45, 7) is 4.96. The maximum Gasteiger partial charge on any atom is 0.255 e. The van der Waals surface area contributed by atoms with Crippen molar-refractivity contribution in [3.8, 4) is 0 Å². The van der Waals surface area contributed by atoms with Crippen molar-refractivity contribution in [1.82, 2.24) is 9.80 Å². The Hall–Kier alpha value is -1.89. The first-order valence-electron chi connectivity index (χ1n) is 9.27. The van der Waals surface area contributed by atoms with E-state index in [9.17, 15) is 9.59 Å². The maximum absolute atomic E-state index is 12.9. The molecule has 1 fully saturated rings. The van der Waals surface area contributed by atoms with Gasteiger partial charge < -0.3 is 10.2 Å². The molecule has 5 nitrogen and oxygen atoms in total. The van der Waals surface area contributed by atoms with Gasteiger partial charge in [-0.2, -0.15) is 0 Å². The number of para-hydroxylation sites is 1. The maximum atomic E-state index is 12.9. The first-order valence-corrected chi connectivity index (χ1v) is 10.4. The molecular formula is C21H23BrClN3O2. The molecule has 0 aromatic heterocycles. The Bertz CT molecular complexity index is 874. The fourth-order valence-corrected chi connectivity index (χ4v) is 3.89. The zero-order chi connectivity index (χ0) is 20.1. The van der Waals surface area contributed by atoms with Gasteiger partial charge in [-0.1, -0.05) is 35.9 Å². The van der Waals surface area contributed by atoms with Crippen LogP contribution >= 0.6 is 27.5 Å². The summed E-state index contributed by atoms with van der Waals surface area (Å²) in [5.74, 6) is -0.0766. The number of nitrogens with one attached hydrogen (secondary N) is 1. The van der Waals surface area contributed by atoms with Crippen LogP contribution in [0.15, 0.2) is 46.9 Å². The average molecular weight is 465 g/mol. The van der Waals surface area contributed by atoms with Gasteiger partial charge in [-0.3, -0.25) is 14.5 Å². The van der Waals surface area contributed by atoms with Gasteiger partial charge in [-0.15, -0.1) is 0 Å². The number of carbonyl (C=O) groups excluding carboxylic acids is 2. The summed E-state index contributed by atoms with van der Waals surface area (Å²) in [6, 6.07) is 12.9. The van der Waals surface area contributed by atoms with E-state index in [1.54, 1.807) is 12.1 Å². The Morgan fingerprint density at radius 1 is 1.07 bits per heavy atom. The number of hydrogen-bond donors (Lipinski definition) is 1. The summed E-state index contributed by atoms with van der Waals surface area (Å²) in [5.41, 5.74) is 2.34. The van der Waals surface area contributed by atoms with E-state index in [-0.39, 0.29) is 18.4 Å². The highest BCUT2D eigenvalue weighted by molar-refractivity contribution is 9.10. The lowest BCUT2D eigenvalue weighted by Gasteiger charge is -2.22. The highest BCUT2D eigenvalue weighted by atomic mass is 79.9. The van der Waals surface area contributed by atoms with Crippen molar-refractivity contribution in [3.05, 3.63) is 63.1 Å². The summed E-state index contributed by atoms with van der Waals surface area (Å²) < 4.78 is 0.847. The summed E-state index contributed by atoms with van der Waals surface area (Å²) in [5, 5.41) is 3.37. The molecule has 2 aromatic rings. The van der Waals surface area contributed by atoms with E-state index in [0.29, 0.717) is 35.9 Å². The molecule has 1 N–H and O–H groups in total. The fourth-order valence-electron chi connectivity index (χ4n) is 3.27. The Labute approximate surface area is 178 Å². The van der Waals surface area contributed by atoms with Gasteiger partial charge in [-0.05, 0) is 53.0 Å². The van der Waals surface area contributed by atoms with Gasteiger partial charge in [0.05, 0.1) is 22.8 Å². The van der Waals surface area contributed by atoms with Crippen LogP contribution in [0, 0.1) is 6.92 Å². The molecule has 0 bridgehead atoms. The monoisotopic (exact) mass is 463 g/mol. The lowest BCUT2D eigenvalue weighted by molar-refractivity contribution is -0.117. The molecule has 148 valence electrons. The van der Waals surface area contributed by atoms with Crippen LogP contribution in [0.3, 0.4) is 0 Å². The van der Waals surface area contributed by atoms with E-state index in [0.717, 1.165) is 23.0 Å². The smallest absolute Gasteiger partial charge is 0.255 e. The third-order valence-corrected chi connectivity index (χ3v) is 6.20. The zero-order valence-corrected chi connectivity index (χ0v) is 18.1. The molecule has 7 heteroatoms. The lowest BCUT2D eigenvalue weighted by Crippen LogP contribution is -2.38. The Kier molecular flexibility index (Phi) is 7.10. The van der Waals surface area contributed by atoms with E-state index in [4.69, 9.17) is 11.6 Å². The van der Waals surface area contributed by atoms with Gasteiger partial charge in [0.2, 0.25) is 5.91 Å². The van der Waals surface area contributed by atoms with E-state index in [1.807, 2.05) is 42.2 Å². The first kappa shape index (κ1) is 20.8. The van der Waals surface area contributed by atoms with Crippen LogP contribution in [0.4, 0.5) is 5.69 Å². The molecule has 28 heavy (non-hydrogen) atoms. The van der Waals surface area contributed by atoms with Crippen LogP contribution in [-0.2, 0) is 4.79 Å². The van der Waals surface area contributed by atoms with Gasteiger partial charge in [0.1, 0.15) is 0 Å². The number of rotatable bonds is 4. The predicted octanol–water partition coefficient (Wildman–Crippen LogP) is 4.20. The molecule has 1 aliphatic rings. The van der Waals surface area contributed by atoms with Crippen molar-refractivity contribution in [2.45, 2.75) is 13.3 Å². The topological polar surface area (TPSA) is 52.7 Å². The van der Waals surface area contributed by atoms with Crippen LogP contribution in [0.1, 0.15) is 22.3 Å². The third kappa shape index (κ3) is 5.13. The second-order valence-electron chi connectivity index (χ2n) is 6.89. The standard InChI is InChI=1S/C21H23BrClN3O2/c1-15-6-4-7-16(20(15)22)21(28)26-11-5-10-25(12-13-26)14-19(27)24-18-9-3-2-8-17(18)23/h2-4,6-9H,5,10-14H2,1H3,(H,24,27). The molecule has 2 aromatic carbocycles. The molecule has 1 heterocycles.